The molecule has 0 radical (unpaired) electrons. The first-order valence-corrected chi connectivity index (χ1v) is 11.7. The van der Waals surface area contributed by atoms with Crippen molar-refractivity contribution in [2.24, 2.45) is 0 Å². The van der Waals surface area contributed by atoms with Crippen molar-refractivity contribution in [1.82, 2.24) is 9.97 Å². The molecule has 0 aliphatic carbocycles. The van der Waals surface area contributed by atoms with Crippen molar-refractivity contribution in [3.8, 4) is 17.2 Å². The number of fused-ring (bicyclic) bond motifs is 2. The zero-order valence-electron chi connectivity index (χ0n) is 20.4. The van der Waals surface area contributed by atoms with E-state index in [1.807, 2.05) is 26.0 Å². The number of benzene rings is 3. The number of H-pyrrole nitrogens is 1. The molecule has 1 saturated heterocycles. The maximum atomic E-state index is 13.5. The van der Waals surface area contributed by atoms with E-state index in [9.17, 15) is 14.7 Å². The summed E-state index contributed by atoms with van der Waals surface area (Å²) in [5.74, 6) is -0.219. The molecule has 2 aliphatic heterocycles. The third-order valence-corrected chi connectivity index (χ3v) is 6.81. The molecule has 3 heterocycles. The van der Waals surface area contributed by atoms with E-state index in [2.05, 4.69) is 9.97 Å². The second-order valence-electron chi connectivity index (χ2n) is 9.03. The number of aryl methyl sites for hydroxylation is 2. The topological polar surface area (TPSA) is 114 Å². The van der Waals surface area contributed by atoms with Gasteiger partial charge in [-0.25, -0.2) is 4.98 Å². The minimum atomic E-state index is -0.955. The number of aliphatic hydroxyl groups is 1. The number of methoxy groups -OCH3 is 1. The Balaban J connectivity index is 1.56. The van der Waals surface area contributed by atoms with Gasteiger partial charge < -0.3 is 24.3 Å². The number of Topliss-reactive ketones (excluding diaryl/α,β-unsaturated/α-hetero) is 1. The SMILES string of the molecule is COc1cccc(C2/C(=C(\O)c3ccc4c(c3)OCO4)C(=O)C(=O)N2c2nc3cc(C)c(C)cc3[nH]2)c1. The van der Waals surface area contributed by atoms with Crippen LogP contribution >= 0.6 is 0 Å². The number of aromatic nitrogens is 2. The molecular weight excluding hydrogens is 474 g/mol. The van der Waals surface area contributed by atoms with Crippen molar-refractivity contribution in [3.05, 3.63) is 82.4 Å². The lowest BCUT2D eigenvalue weighted by Crippen LogP contribution is -2.30. The Morgan fingerprint density at radius 1 is 1.05 bits per heavy atom. The minimum Gasteiger partial charge on any atom is -0.507 e. The molecule has 9 nitrogen and oxygen atoms in total. The second kappa shape index (κ2) is 8.41. The van der Waals surface area contributed by atoms with E-state index < -0.39 is 17.7 Å². The first-order chi connectivity index (χ1) is 17.9. The lowest BCUT2D eigenvalue weighted by atomic mass is 9.95. The summed E-state index contributed by atoms with van der Waals surface area (Å²) in [6.07, 6.45) is 0. The van der Waals surface area contributed by atoms with Crippen LogP contribution < -0.4 is 19.1 Å². The molecule has 2 aliphatic rings. The monoisotopic (exact) mass is 497 g/mol. The van der Waals surface area contributed by atoms with Crippen molar-refractivity contribution in [2.45, 2.75) is 19.9 Å². The lowest BCUT2D eigenvalue weighted by Gasteiger charge is -2.23. The molecule has 37 heavy (non-hydrogen) atoms. The molecule has 1 atom stereocenters. The number of aromatic amines is 1. The van der Waals surface area contributed by atoms with Gasteiger partial charge in [-0.15, -0.1) is 0 Å². The van der Waals surface area contributed by atoms with E-state index in [0.717, 1.165) is 16.6 Å². The number of anilines is 1. The summed E-state index contributed by atoms with van der Waals surface area (Å²) in [5.41, 5.74) is 4.36. The molecule has 4 aromatic rings. The van der Waals surface area contributed by atoms with Gasteiger partial charge in [0, 0.05) is 5.56 Å². The second-order valence-corrected chi connectivity index (χ2v) is 9.03. The maximum Gasteiger partial charge on any atom is 0.302 e. The van der Waals surface area contributed by atoms with Crippen LogP contribution in [0.3, 0.4) is 0 Å². The zero-order valence-corrected chi connectivity index (χ0v) is 20.4. The fourth-order valence-electron chi connectivity index (χ4n) is 4.75. The van der Waals surface area contributed by atoms with Crippen molar-refractivity contribution >= 4 is 34.4 Å². The molecule has 186 valence electrons. The van der Waals surface area contributed by atoms with Crippen molar-refractivity contribution < 1.29 is 28.9 Å². The number of rotatable bonds is 4. The van der Waals surface area contributed by atoms with E-state index in [4.69, 9.17) is 14.2 Å². The van der Waals surface area contributed by atoms with E-state index in [0.29, 0.717) is 33.9 Å². The van der Waals surface area contributed by atoms with Crippen LogP contribution in [0.15, 0.2) is 60.2 Å². The van der Waals surface area contributed by atoms with Gasteiger partial charge in [0.1, 0.15) is 11.5 Å². The number of ether oxygens (including phenoxy) is 3. The smallest absolute Gasteiger partial charge is 0.302 e. The Morgan fingerprint density at radius 2 is 1.84 bits per heavy atom. The Morgan fingerprint density at radius 3 is 2.65 bits per heavy atom. The quantitative estimate of drug-likeness (QED) is 0.242. The highest BCUT2D eigenvalue weighted by Crippen LogP contribution is 2.43. The highest BCUT2D eigenvalue weighted by atomic mass is 16.7. The summed E-state index contributed by atoms with van der Waals surface area (Å²) in [6, 6.07) is 14.8. The summed E-state index contributed by atoms with van der Waals surface area (Å²) >= 11 is 0. The number of hydrogen-bond donors (Lipinski definition) is 2. The van der Waals surface area contributed by atoms with Crippen molar-refractivity contribution in [1.29, 1.82) is 0 Å². The van der Waals surface area contributed by atoms with Crippen LogP contribution in [0, 0.1) is 13.8 Å². The number of nitrogens with one attached hydrogen (secondary N) is 1. The first kappa shape index (κ1) is 22.7. The van der Waals surface area contributed by atoms with Crippen LogP contribution in [-0.4, -0.2) is 40.7 Å². The van der Waals surface area contributed by atoms with Gasteiger partial charge in [0.25, 0.3) is 5.78 Å². The average Bonchev–Trinajstić information content (AvgIpc) is 3.60. The van der Waals surface area contributed by atoms with Crippen LogP contribution in [0.2, 0.25) is 0 Å². The Hall–Kier alpha value is -4.79. The van der Waals surface area contributed by atoms with Crippen LogP contribution in [0.1, 0.15) is 28.3 Å². The van der Waals surface area contributed by atoms with Gasteiger partial charge in [-0.2, -0.15) is 0 Å². The van der Waals surface area contributed by atoms with Gasteiger partial charge in [0.2, 0.25) is 12.7 Å². The number of carbonyl (C=O) groups excluding carboxylic acids is 2. The molecule has 1 aromatic heterocycles. The van der Waals surface area contributed by atoms with Gasteiger partial charge >= 0.3 is 5.91 Å². The molecule has 1 amide bonds. The molecule has 0 spiro atoms. The Kier molecular flexibility index (Phi) is 5.15. The van der Waals surface area contributed by atoms with E-state index in [1.165, 1.54) is 12.0 Å². The molecule has 6 rings (SSSR count). The Bertz CT molecular complexity index is 1600. The summed E-state index contributed by atoms with van der Waals surface area (Å²) in [4.78, 5) is 36.1. The number of aliphatic hydroxyl groups excluding tert-OH is 1. The van der Waals surface area contributed by atoms with Crippen LogP contribution in [0.4, 0.5) is 5.95 Å². The van der Waals surface area contributed by atoms with Crippen molar-refractivity contribution in [3.63, 3.8) is 0 Å². The first-order valence-electron chi connectivity index (χ1n) is 11.7. The minimum absolute atomic E-state index is 0.0649. The van der Waals surface area contributed by atoms with Crippen molar-refractivity contribution in [2.75, 3.05) is 18.8 Å². The molecule has 0 saturated carbocycles. The Labute approximate surface area is 211 Å². The standard InChI is InChI=1S/C28H23N3O6/c1-14-9-19-20(10-15(14)2)30-28(29-19)31-24(16-5-4-6-18(11-16)35-3)23(26(33)27(31)34)25(32)17-7-8-21-22(12-17)37-13-36-21/h4-12,24,32H,13H2,1-3H3,(H,29,30)/b25-23+. The summed E-state index contributed by atoms with van der Waals surface area (Å²) in [5, 5.41) is 11.4. The summed E-state index contributed by atoms with van der Waals surface area (Å²) in [6.45, 7) is 4.04. The van der Waals surface area contributed by atoms with E-state index >= 15 is 0 Å². The van der Waals surface area contributed by atoms with Crippen LogP contribution in [0.25, 0.3) is 16.8 Å². The zero-order chi connectivity index (χ0) is 25.8. The maximum absolute atomic E-state index is 13.5. The lowest BCUT2D eigenvalue weighted by molar-refractivity contribution is -0.132. The number of imidazole rings is 1. The molecule has 9 heteroatoms. The van der Waals surface area contributed by atoms with E-state index in [-0.39, 0.29) is 24.1 Å². The fraction of sp³-hybridized carbons (Fsp3) is 0.179. The van der Waals surface area contributed by atoms with Gasteiger partial charge in [0.15, 0.2) is 11.5 Å². The molecular formula is C28H23N3O6. The number of amides is 1. The predicted molar refractivity (Wildman–Crippen MR) is 136 cm³/mol. The molecule has 0 bridgehead atoms. The molecule has 1 fully saturated rings. The number of nitrogens with zero attached hydrogens (tertiary/aromatic N) is 2. The van der Waals surface area contributed by atoms with Gasteiger partial charge in [-0.1, -0.05) is 12.1 Å². The average molecular weight is 498 g/mol. The summed E-state index contributed by atoms with van der Waals surface area (Å²) in [7, 11) is 1.53. The number of ketones is 1. The van der Waals surface area contributed by atoms with Gasteiger partial charge in [-0.3, -0.25) is 14.5 Å². The van der Waals surface area contributed by atoms with Gasteiger partial charge in [0.05, 0.1) is 29.8 Å². The third-order valence-electron chi connectivity index (χ3n) is 6.81. The number of hydrogen-bond acceptors (Lipinski definition) is 7. The molecule has 3 aromatic carbocycles. The number of carbonyl (C=O) groups is 2. The van der Waals surface area contributed by atoms with E-state index in [1.54, 1.807) is 42.5 Å². The third kappa shape index (κ3) is 3.58. The molecule has 2 N–H and O–H groups in total. The molecule has 1 unspecified atom stereocenters. The summed E-state index contributed by atoms with van der Waals surface area (Å²) < 4.78 is 16.2. The largest absolute Gasteiger partial charge is 0.507 e. The normalized spacial score (nSPS) is 18.1. The highest BCUT2D eigenvalue weighted by Gasteiger charge is 2.48. The highest BCUT2D eigenvalue weighted by molar-refractivity contribution is 6.51. The van der Waals surface area contributed by atoms with Gasteiger partial charge in [-0.05, 0) is 73.0 Å². The fourth-order valence-corrected chi connectivity index (χ4v) is 4.75. The predicted octanol–water partition coefficient (Wildman–Crippen LogP) is 4.54. The van der Waals surface area contributed by atoms with Crippen LogP contribution in [0.5, 0.6) is 17.2 Å². The van der Waals surface area contributed by atoms with Crippen LogP contribution in [-0.2, 0) is 9.59 Å².